The fourth-order valence-electron chi connectivity index (χ4n) is 3.26. The van der Waals surface area contributed by atoms with Crippen molar-refractivity contribution >= 4 is 17.7 Å². The van der Waals surface area contributed by atoms with Gasteiger partial charge in [0.05, 0.1) is 13.7 Å². The molecule has 0 radical (unpaired) electrons. The lowest BCUT2D eigenvalue weighted by atomic mass is 10.1. The van der Waals surface area contributed by atoms with Gasteiger partial charge in [-0.05, 0) is 85.5 Å². The first-order chi connectivity index (χ1) is 16.4. The number of carbonyl (C=O) groups excluding carboxylic acids is 1. The molecule has 34 heavy (non-hydrogen) atoms. The van der Waals surface area contributed by atoms with E-state index in [9.17, 15) is 10.1 Å². The molecular weight excluding hydrogens is 428 g/mol. The Morgan fingerprint density at radius 1 is 0.971 bits per heavy atom. The Kier molecular flexibility index (Phi) is 8.31. The molecule has 0 aliphatic rings. The summed E-state index contributed by atoms with van der Waals surface area (Å²) >= 11 is 0. The van der Waals surface area contributed by atoms with Crippen molar-refractivity contribution in [1.29, 1.82) is 5.26 Å². The Balaban J connectivity index is 1.71. The molecule has 0 heterocycles. The third-order valence-corrected chi connectivity index (χ3v) is 5.25. The van der Waals surface area contributed by atoms with Crippen LogP contribution in [0.1, 0.15) is 29.2 Å². The van der Waals surface area contributed by atoms with E-state index in [0.29, 0.717) is 41.7 Å². The standard InChI is InChI=1S/C28H28N2O4/c1-5-33-25-11-9-24(10-12-25)30-28(31)23(17-29)15-21-8-13-26(27(16-21)32-4)34-18-22-7-6-19(2)20(3)14-22/h6-16H,5,18H2,1-4H3,(H,30,31)/b23-15+. The van der Waals surface area contributed by atoms with E-state index in [2.05, 4.69) is 31.3 Å². The molecule has 0 aliphatic heterocycles. The first-order valence-electron chi connectivity index (χ1n) is 11.0. The fourth-order valence-corrected chi connectivity index (χ4v) is 3.26. The molecule has 0 atom stereocenters. The molecule has 0 unspecified atom stereocenters. The predicted octanol–water partition coefficient (Wildman–Crippen LogP) is 5.84. The minimum absolute atomic E-state index is 0.0280. The molecule has 3 rings (SSSR count). The van der Waals surface area contributed by atoms with Crippen molar-refractivity contribution in [3.8, 4) is 23.3 Å². The van der Waals surface area contributed by atoms with Gasteiger partial charge in [0.2, 0.25) is 0 Å². The number of hydrogen-bond acceptors (Lipinski definition) is 5. The zero-order valence-electron chi connectivity index (χ0n) is 19.8. The number of carbonyl (C=O) groups is 1. The maximum Gasteiger partial charge on any atom is 0.266 e. The Morgan fingerprint density at radius 3 is 2.38 bits per heavy atom. The molecule has 1 N–H and O–H groups in total. The van der Waals surface area contributed by atoms with Crippen LogP contribution in [0.15, 0.2) is 66.2 Å². The number of nitriles is 1. The topological polar surface area (TPSA) is 80.6 Å². The summed E-state index contributed by atoms with van der Waals surface area (Å²) in [5.74, 6) is 1.31. The van der Waals surface area contributed by atoms with E-state index in [1.54, 1.807) is 49.6 Å². The van der Waals surface area contributed by atoms with Crippen LogP contribution < -0.4 is 19.5 Å². The highest BCUT2D eigenvalue weighted by Crippen LogP contribution is 2.30. The molecule has 0 bridgehead atoms. The molecule has 3 aromatic rings. The highest BCUT2D eigenvalue weighted by Gasteiger charge is 2.12. The van der Waals surface area contributed by atoms with Gasteiger partial charge in [-0.15, -0.1) is 0 Å². The summed E-state index contributed by atoms with van der Waals surface area (Å²) in [6.07, 6.45) is 1.51. The minimum Gasteiger partial charge on any atom is -0.494 e. The van der Waals surface area contributed by atoms with Crippen LogP contribution in [0.5, 0.6) is 17.2 Å². The molecule has 0 fully saturated rings. The van der Waals surface area contributed by atoms with E-state index < -0.39 is 5.91 Å². The summed E-state index contributed by atoms with van der Waals surface area (Å²) in [7, 11) is 1.55. The smallest absolute Gasteiger partial charge is 0.266 e. The molecule has 174 valence electrons. The van der Waals surface area contributed by atoms with E-state index in [4.69, 9.17) is 14.2 Å². The first kappa shape index (κ1) is 24.4. The quantitative estimate of drug-likeness (QED) is 0.323. The number of amides is 1. The molecule has 0 saturated heterocycles. The van der Waals surface area contributed by atoms with Crippen LogP contribution >= 0.6 is 0 Å². The van der Waals surface area contributed by atoms with E-state index in [1.807, 2.05) is 19.1 Å². The number of aryl methyl sites for hydroxylation is 2. The van der Waals surface area contributed by atoms with Crippen LogP contribution in [-0.4, -0.2) is 19.6 Å². The van der Waals surface area contributed by atoms with Gasteiger partial charge < -0.3 is 19.5 Å². The molecule has 0 saturated carbocycles. The Labute approximate surface area is 200 Å². The molecule has 6 nitrogen and oxygen atoms in total. The van der Waals surface area contributed by atoms with E-state index in [-0.39, 0.29) is 5.57 Å². The summed E-state index contributed by atoms with van der Waals surface area (Å²) in [6, 6.07) is 20.4. The third kappa shape index (κ3) is 6.39. The SMILES string of the molecule is CCOc1ccc(NC(=O)/C(C#N)=C/c2ccc(OCc3ccc(C)c(C)c3)c(OC)c2)cc1. The Bertz CT molecular complexity index is 1220. The second-order valence-corrected chi connectivity index (χ2v) is 7.70. The van der Waals surface area contributed by atoms with Gasteiger partial charge in [0.15, 0.2) is 11.5 Å². The summed E-state index contributed by atoms with van der Waals surface area (Å²) in [5, 5.41) is 12.3. The number of benzene rings is 3. The van der Waals surface area contributed by atoms with Crippen LogP contribution in [0.25, 0.3) is 6.08 Å². The van der Waals surface area contributed by atoms with Gasteiger partial charge in [-0.1, -0.05) is 24.3 Å². The zero-order chi connectivity index (χ0) is 24.5. The lowest BCUT2D eigenvalue weighted by Gasteiger charge is -2.12. The largest absolute Gasteiger partial charge is 0.494 e. The van der Waals surface area contributed by atoms with Crippen LogP contribution in [0, 0.1) is 25.2 Å². The van der Waals surface area contributed by atoms with Crippen LogP contribution in [-0.2, 0) is 11.4 Å². The molecule has 0 aliphatic carbocycles. The fraction of sp³-hybridized carbons (Fsp3) is 0.214. The lowest BCUT2D eigenvalue weighted by Crippen LogP contribution is -2.13. The van der Waals surface area contributed by atoms with E-state index >= 15 is 0 Å². The molecule has 0 spiro atoms. The number of nitrogens with zero attached hydrogens (tertiary/aromatic N) is 1. The molecule has 1 amide bonds. The van der Waals surface area contributed by atoms with Crippen molar-refractivity contribution in [3.05, 3.63) is 88.5 Å². The van der Waals surface area contributed by atoms with Crippen LogP contribution in [0.4, 0.5) is 5.69 Å². The summed E-state index contributed by atoms with van der Waals surface area (Å²) in [4.78, 5) is 12.6. The van der Waals surface area contributed by atoms with Crippen molar-refractivity contribution < 1.29 is 19.0 Å². The van der Waals surface area contributed by atoms with Crippen LogP contribution in [0.3, 0.4) is 0 Å². The molecule has 3 aromatic carbocycles. The van der Waals surface area contributed by atoms with Gasteiger partial charge >= 0.3 is 0 Å². The second-order valence-electron chi connectivity index (χ2n) is 7.70. The molecule has 6 heteroatoms. The van der Waals surface area contributed by atoms with Crippen LogP contribution in [0.2, 0.25) is 0 Å². The molecule has 0 aromatic heterocycles. The highest BCUT2D eigenvalue weighted by molar-refractivity contribution is 6.09. The van der Waals surface area contributed by atoms with Gasteiger partial charge in [0.1, 0.15) is 24.0 Å². The summed E-state index contributed by atoms with van der Waals surface area (Å²) in [6.45, 7) is 7.01. The number of nitrogens with one attached hydrogen (secondary N) is 1. The van der Waals surface area contributed by atoms with Crippen molar-refractivity contribution in [3.63, 3.8) is 0 Å². The Hall–Kier alpha value is -4.24. The zero-order valence-corrected chi connectivity index (χ0v) is 19.8. The number of methoxy groups -OCH3 is 1. The van der Waals surface area contributed by atoms with Gasteiger partial charge in [-0.3, -0.25) is 4.79 Å². The average Bonchev–Trinajstić information content (AvgIpc) is 2.84. The third-order valence-electron chi connectivity index (χ3n) is 5.25. The highest BCUT2D eigenvalue weighted by atomic mass is 16.5. The van der Waals surface area contributed by atoms with E-state index in [1.165, 1.54) is 17.2 Å². The number of ether oxygens (including phenoxy) is 3. The Morgan fingerprint density at radius 2 is 1.74 bits per heavy atom. The predicted molar refractivity (Wildman–Crippen MR) is 133 cm³/mol. The minimum atomic E-state index is -0.499. The average molecular weight is 457 g/mol. The maximum absolute atomic E-state index is 12.6. The number of rotatable bonds is 9. The molecular formula is C28H28N2O4. The van der Waals surface area contributed by atoms with Crippen molar-refractivity contribution in [1.82, 2.24) is 0 Å². The summed E-state index contributed by atoms with van der Waals surface area (Å²) < 4.78 is 16.8. The first-order valence-corrected chi connectivity index (χ1v) is 11.0. The summed E-state index contributed by atoms with van der Waals surface area (Å²) in [5.41, 5.74) is 4.70. The maximum atomic E-state index is 12.6. The van der Waals surface area contributed by atoms with Gasteiger partial charge in [0.25, 0.3) is 5.91 Å². The van der Waals surface area contributed by atoms with Gasteiger partial charge in [-0.2, -0.15) is 5.26 Å². The monoisotopic (exact) mass is 456 g/mol. The van der Waals surface area contributed by atoms with Crippen molar-refractivity contribution in [2.24, 2.45) is 0 Å². The lowest BCUT2D eigenvalue weighted by molar-refractivity contribution is -0.112. The number of hydrogen-bond donors (Lipinski definition) is 1. The normalized spacial score (nSPS) is 10.9. The van der Waals surface area contributed by atoms with Gasteiger partial charge in [-0.25, -0.2) is 0 Å². The van der Waals surface area contributed by atoms with Crippen molar-refractivity contribution in [2.75, 3.05) is 19.0 Å². The van der Waals surface area contributed by atoms with Crippen molar-refractivity contribution in [2.45, 2.75) is 27.4 Å². The second kappa shape index (κ2) is 11.6. The van der Waals surface area contributed by atoms with E-state index in [0.717, 1.165) is 5.56 Å². The number of anilines is 1. The van der Waals surface area contributed by atoms with Gasteiger partial charge in [0, 0.05) is 5.69 Å².